The quantitative estimate of drug-likeness (QED) is 0.614. The molecule has 0 radical (unpaired) electrons. The zero-order valence-electron chi connectivity index (χ0n) is 12.1. The summed E-state index contributed by atoms with van der Waals surface area (Å²) < 4.78 is 42.1. The maximum atomic E-state index is 13.1. The first-order valence-electron chi connectivity index (χ1n) is 7.07. The fourth-order valence-electron chi connectivity index (χ4n) is 2.32. The third kappa shape index (κ3) is 3.66. The molecule has 3 aromatic rings. The minimum atomic E-state index is -4.32. The average molecular weight is 378 g/mol. The summed E-state index contributed by atoms with van der Waals surface area (Å²) in [6.45, 7) is 0. The first-order valence-corrected chi connectivity index (χ1v) is 9.64. The van der Waals surface area contributed by atoms with Crippen molar-refractivity contribution in [2.45, 2.75) is 6.18 Å². The van der Waals surface area contributed by atoms with Gasteiger partial charge in [0.05, 0.1) is 0 Å². The van der Waals surface area contributed by atoms with Gasteiger partial charge in [0.15, 0.2) is 0 Å². The van der Waals surface area contributed by atoms with Crippen LogP contribution in [0.3, 0.4) is 0 Å². The number of rotatable bonds is 3. The predicted molar refractivity (Wildman–Crippen MR) is 89.0 cm³/mol. The van der Waals surface area contributed by atoms with Crippen LogP contribution in [0.15, 0.2) is 84.9 Å². The Labute approximate surface area is 137 Å². The molecular weight excluding hydrogens is 364 g/mol. The molecular formula is C19H14F3Se+. The molecule has 0 heterocycles. The summed E-state index contributed by atoms with van der Waals surface area (Å²) in [4.78, 5) is 0. The molecule has 0 aromatic heterocycles. The molecule has 4 heteroatoms. The van der Waals surface area contributed by atoms with E-state index in [4.69, 9.17) is 0 Å². The molecule has 0 atom stereocenters. The van der Waals surface area contributed by atoms with Crippen molar-refractivity contribution in [3.05, 3.63) is 90.5 Å². The van der Waals surface area contributed by atoms with Gasteiger partial charge in [-0.3, -0.25) is 0 Å². The van der Waals surface area contributed by atoms with Crippen LogP contribution in [0.25, 0.3) is 0 Å². The summed E-state index contributed by atoms with van der Waals surface area (Å²) in [5.74, 6) is 0. The Morgan fingerprint density at radius 2 is 1.04 bits per heavy atom. The molecule has 3 aromatic carbocycles. The summed E-state index contributed by atoms with van der Waals surface area (Å²) in [7, 11) is 0. The molecule has 0 aliphatic heterocycles. The van der Waals surface area contributed by atoms with E-state index < -0.39 is 25.6 Å². The third-order valence-electron chi connectivity index (χ3n) is 3.35. The van der Waals surface area contributed by atoms with Crippen LogP contribution in [0.1, 0.15) is 5.56 Å². The van der Waals surface area contributed by atoms with E-state index in [-0.39, 0.29) is 0 Å². The van der Waals surface area contributed by atoms with Crippen LogP contribution in [0, 0.1) is 0 Å². The first kappa shape index (κ1) is 15.8. The maximum absolute atomic E-state index is 13.1. The van der Waals surface area contributed by atoms with E-state index in [2.05, 4.69) is 0 Å². The number of hydrogen-bond acceptors (Lipinski definition) is 0. The minimum absolute atomic E-state index is 0.587. The zero-order chi connectivity index (χ0) is 16.3. The van der Waals surface area contributed by atoms with Crippen molar-refractivity contribution in [2.24, 2.45) is 0 Å². The van der Waals surface area contributed by atoms with Gasteiger partial charge < -0.3 is 0 Å². The van der Waals surface area contributed by atoms with E-state index in [0.29, 0.717) is 0 Å². The Balaban J connectivity index is 2.14. The molecule has 0 unspecified atom stereocenters. The van der Waals surface area contributed by atoms with E-state index in [1.807, 2.05) is 60.7 Å². The average Bonchev–Trinajstić information content (AvgIpc) is 2.57. The van der Waals surface area contributed by atoms with E-state index >= 15 is 0 Å². The number of benzene rings is 3. The molecule has 0 nitrogen and oxygen atoms in total. The zero-order valence-corrected chi connectivity index (χ0v) is 13.8. The first-order chi connectivity index (χ1) is 11.1. The SMILES string of the molecule is FC(F)(F)c1cccc([Se+](c2ccccc2)c2ccccc2)c1. The molecule has 0 bridgehead atoms. The van der Waals surface area contributed by atoms with Gasteiger partial charge in [0, 0.05) is 0 Å². The van der Waals surface area contributed by atoms with Crippen molar-refractivity contribution in [2.75, 3.05) is 0 Å². The molecule has 0 spiro atoms. The second kappa shape index (κ2) is 6.61. The fraction of sp³-hybridized carbons (Fsp3) is 0.0526. The van der Waals surface area contributed by atoms with Gasteiger partial charge in [-0.1, -0.05) is 0 Å². The summed E-state index contributed by atoms with van der Waals surface area (Å²) in [5, 5.41) is 0. The number of halogens is 3. The van der Waals surface area contributed by atoms with Crippen molar-refractivity contribution < 1.29 is 13.2 Å². The van der Waals surface area contributed by atoms with Gasteiger partial charge in [-0.05, 0) is 0 Å². The van der Waals surface area contributed by atoms with E-state index in [9.17, 15) is 13.2 Å². The summed E-state index contributed by atoms with van der Waals surface area (Å²) in [5.41, 5.74) is -0.587. The third-order valence-corrected chi connectivity index (χ3v) is 8.00. The normalized spacial score (nSPS) is 11.7. The molecule has 0 saturated heterocycles. The molecule has 0 fully saturated rings. The van der Waals surface area contributed by atoms with Crippen LogP contribution < -0.4 is 13.4 Å². The van der Waals surface area contributed by atoms with Crippen molar-refractivity contribution in [3.63, 3.8) is 0 Å². The molecule has 0 N–H and O–H groups in total. The van der Waals surface area contributed by atoms with Crippen molar-refractivity contribution >= 4 is 27.3 Å². The van der Waals surface area contributed by atoms with Crippen LogP contribution in [0.5, 0.6) is 0 Å². The fourth-order valence-corrected chi connectivity index (χ4v) is 6.80. The van der Waals surface area contributed by atoms with Gasteiger partial charge in [0.25, 0.3) is 0 Å². The molecule has 116 valence electrons. The predicted octanol–water partition coefficient (Wildman–Crippen LogP) is 3.22. The molecule has 23 heavy (non-hydrogen) atoms. The Hall–Kier alpha value is -2.03. The van der Waals surface area contributed by atoms with Crippen LogP contribution in [-0.4, -0.2) is 13.9 Å². The molecule has 0 amide bonds. The van der Waals surface area contributed by atoms with Crippen molar-refractivity contribution in [1.82, 2.24) is 0 Å². The second-order valence-electron chi connectivity index (χ2n) is 4.96. The van der Waals surface area contributed by atoms with Gasteiger partial charge >= 0.3 is 137 Å². The molecule has 0 saturated carbocycles. The van der Waals surface area contributed by atoms with Crippen LogP contribution in [-0.2, 0) is 6.18 Å². The van der Waals surface area contributed by atoms with E-state index in [1.165, 1.54) is 12.1 Å². The molecule has 0 aliphatic carbocycles. The topological polar surface area (TPSA) is 0 Å². The van der Waals surface area contributed by atoms with Gasteiger partial charge in [0.2, 0.25) is 0 Å². The Morgan fingerprint density at radius 1 is 0.565 bits per heavy atom. The van der Waals surface area contributed by atoms with Gasteiger partial charge in [-0.25, -0.2) is 0 Å². The van der Waals surface area contributed by atoms with Crippen LogP contribution >= 0.6 is 0 Å². The Kier molecular flexibility index (Phi) is 4.56. The Morgan fingerprint density at radius 3 is 1.52 bits per heavy atom. The van der Waals surface area contributed by atoms with Crippen molar-refractivity contribution in [1.29, 1.82) is 0 Å². The monoisotopic (exact) mass is 379 g/mol. The number of hydrogen-bond donors (Lipinski definition) is 0. The summed E-state index contributed by atoms with van der Waals surface area (Å²) in [6.07, 6.45) is -4.32. The van der Waals surface area contributed by atoms with Gasteiger partial charge in [-0.2, -0.15) is 0 Å². The molecule has 0 aliphatic rings. The number of alkyl halides is 3. The molecule has 3 rings (SSSR count). The standard InChI is InChI=1S/C19H14F3Se/c20-19(21,22)15-8-7-13-18(14-15)23(16-9-3-1-4-10-16)17-11-5-2-6-12-17/h1-14H/q+1. The van der Waals surface area contributed by atoms with Crippen molar-refractivity contribution in [3.8, 4) is 0 Å². The summed E-state index contributed by atoms with van der Waals surface area (Å²) in [6, 6.07) is 25.3. The van der Waals surface area contributed by atoms with Crippen LogP contribution in [0.4, 0.5) is 13.2 Å². The summed E-state index contributed by atoms with van der Waals surface area (Å²) >= 11 is -1.74. The van der Waals surface area contributed by atoms with Gasteiger partial charge in [-0.15, -0.1) is 0 Å². The van der Waals surface area contributed by atoms with E-state index in [0.717, 1.165) is 19.5 Å². The Bertz CT molecular complexity index is 728. The second-order valence-corrected chi connectivity index (χ2v) is 9.21. The van der Waals surface area contributed by atoms with Crippen LogP contribution in [0.2, 0.25) is 0 Å². The van der Waals surface area contributed by atoms with Gasteiger partial charge in [0.1, 0.15) is 0 Å². The van der Waals surface area contributed by atoms with E-state index in [1.54, 1.807) is 6.07 Å².